The van der Waals surface area contributed by atoms with Gasteiger partial charge in [0, 0.05) is 19.7 Å². The first-order valence-corrected chi connectivity index (χ1v) is 3.97. The number of aromatic nitrogens is 2. The van der Waals surface area contributed by atoms with Crippen molar-refractivity contribution < 1.29 is 4.79 Å². The predicted octanol–water partition coefficient (Wildman–Crippen LogP) is 0.129. The molecule has 5 heteroatoms. The van der Waals surface area contributed by atoms with Crippen molar-refractivity contribution in [2.24, 2.45) is 7.05 Å². The molecule has 13 heavy (non-hydrogen) atoms. The highest BCUT2D eigenvalue weighted by Gasteiger charge is 2.03. The monoisotopic (exact) mass is 181 g/mol. The summed E-state index contributed by atoms with van der Waals surface area (Å²) in [5.74, 6) is -0.177. The molecule has 0 aromatic carbocycles. The number of carbonyl (C=O) groups is 1. The minimum Gasteiger partial charge on any atom is -0.321 e. The Bertz CT molecular complexity index is 370. The van der Waals surface area contributed by atoms with Crippen LogP contribution in [0.3, 0.4) is 0 Å². The minimum absolute atomic E-state index is 0.177. The summed E-state index contributed by atoms with van der Waals surface area (Å²) in [6.45, 7) is 1.72. The van der Waals surface area contributed by atoms with Crippen LogP contribution in [-0.4, -0.2) is 15.7 Å². The molecule has 0 saturated heterocycles. The first-order valence-electron chi connectivity index (χ1n) is 3.97. The average Bonchev–Trinajstić information content (AvgIpc) is 2.13. The average molecular weight is 181 g/mol. The number of nitrogens with zero attached hydrogens (tertiary/aromatic N) is 2. The lowest BCUT2D eigenvalue weighted by atomic mass is 10.4. The van der Waals surface area contributed by atoms with E-state index >= 15 is 0 Å². The first-order chi connectivity index (χ1) is 6.15. The fourth-order valence-corrected chi connectivity index (χ4v) is 0.840. The molecule has 0 fully saturated rings. The van der Waals surface area contributed by atoms with Gasteiger partial charge < -0.3 is 5.32 Å². The number of anilines is 1. The van der Waals surface area contributed by atoms with E-state index < -0.39 is 0 Å². The number of hydrogen-bond donors (Lipinski definition) is 1. The van der Waals surface area contributed by atoms with Gasteiger partial charge in [-0.3, -0.25) is 9.59 Å². The second-order valence-corrected chi connectivity index (χ2v) is 2.58. The van der Waals surface area contributed by atoms with Crippen LogP contribution in [0.5, 0.6) is 0 Å². The molecule has 1 aromatic heterocycles. The van der Waals surface area contributed by atoms with Gasteiger partial charge in [-0.25, -0.2) is 4.68 Å². The van der Waals surface area contributed by atoms with Crippen molar-refractivity contribution in [2.75, 3.05) is 5.32 Å². The zero-order valence-electron chi connectivity index (χ0n) is 7.57. The Morgan fingerprint density at radius 3 is 3.00 bits per heavy atom. The van der Waals surface area contributed by atoms with Crippen molar-refractivity contribution in [1.82, 2.24) is 9.78 Å². The Hall–Kier alpha value is -1.65. The van der Waals surface area contributed by atoms with Gasteiger partial charge in [0.1, 0.15) is 5.69 Å². The van der Waals surface area contributed by atoms with Crippen LogP contribution in [0.25, 0.3) is 0 Å². The molecular weight excluding hydrogens is 170 g/mol. The molecule has 70 valence electrons. The second kappa shape index (κ2) is 3.84. The molecule has 0 spiro atoms. The van der Waals surface area contributed by atoms with Crippen LogP contribution in [0.15, 0.2) is 17.1 Å². The quantitative estimate of drug-likeness (QED) is 0.705. The number of nitrogens with one attached hydrogen (secondary N) is 1. The summed E-state index contributed by atoms with van der Waals surface area (Å²) < 4.78 is 1.17. The van der Waals surface area contributed by atoms with Crippen LogP contribution in [-0.2, 0) is 11.8 Å². The molecule has 1 amide bonds. The third-order valence-electron chi connectivity index (χ3n) is 1.60. The summed E-state index contributed by atoms with van der Waals surface area (Å²) in [6.07, 6.45) is 1.82. The zero-order chi connectivity index (χ0) is 9.84. The number of amides is 1. The van der Waals surface area contributed by atoms with E-state index in [1.165, 1.54) is 24.0 Å². The van der Waals surface area contributed by atoms with E-state index in [1.54, 1.807) is 6.92 Å². The van der Waals surface area contributed by atoms with Crippen LogP contribution in [0.4, 0.5) is 5.69 Å². The molecule has 1 aromatic rings. The number of hydrogen-bond acceptors (Lipinski definition) is 3. The Kier molecular flexibility index (Phi) is 2.79. The fraction of sp³-hybridized carbons (Fsp3) is 0.375. The van der Waals surface area contributed by atoms with E-state index in [0.717, 1.165) is 0 Å². The van der Waals surface area contributed by atoms with Crippen molar-refractivity contribution in [1.29, 1.82) is 0 Å². The zero-order valence-corrected chi connectivity index (χ0v) is 7.57. The molecular formula is C8H11N3O2. The highest BCUT2D eigenvalue weighted by molar-refractivity contribution is 5.90. The Morgan fingerprint density at radius 1 is 1.69 bits per heavy atom. The number of rotatable bonds is 2. The van der Waals surface area contributed by atoms with Gasteiger partial charge >= 0.3 is 0 Å². The van der Waals surface area contributed by atoms with Crippen molar-refractivity contribution in [3.05, 3.63) is 22.6 Å². The molecule has 0 aliphatic carbocycles. The minimum atomic E-state index is -0.302. The third kappa shape index (κ3) is 2.14. The normalized spacial score (nSPS) is 9.69. The molecule has 1 N–H and O–H groups in total. The Morgan fingerprint density at radius 2 is 2.38 bits per heavy atom. The maximum Gasteiger partial charge on any atom is 0.290 e. The lowest BCUT2D eigenvalue weighted by Gasteiger charge is -2.02. The largest absolute Gasteiger partial charge is 0.321 e. The molecule has 0 radical (unpaired) electrons. The van der Waals surface area contributed by atoms with Crippen LogP contribution in [0, 0.1) is 0 Å². The van der Waals surface area contributed by atoms with Crippen molar-refractivity contribution in [3.8, 4) is 0 Å². The summed E-state index contributed by atoms with van der Waals surface area (Å²) in [7, 11) is 1.53. The van der Waals surface area contributed by atoms with Crippen LogP contribution >= 0.6 is 0 Å². The maximum atomic E-state index is 11.3. The molecule has 5 nitrogen and oxygen atoms in total. The standard InChI is InChI=1S/C8H11N3O2/c1-3-7(12)10-6-4-5-9-11(2)8(6)13/h4-5H,3H2,1-2H3,(H,10,12). The molecule has 1 rings (SSSR count). The topological polar surface area (TPSA) is 64.0 Å². The van der Waals surface area contributed by atoms with Crippen molar-refractivity contribution in [2.45, 2.75) is 13.3 Å². The second-order valence-electron chi connectivity index (χ2n) is 2.58. The van der Waals surface area contributed by atoms with Gasteiger partial charge in [0.05, 0.1) is 0 Å². The molecule has 0 saturated carbocycles. The maximum absolute atomic E-state index is 11.3. The van der Waals surface area contributed by atoms with Crippen LogP contribution in [0.1, 0.15) is 13.3 Å². The van der Waals surface area contributed by atoms with Gasteiger partial charge in [0.2, 0.25) is 5.91 Å². The summed E-state index contributed by atoms with van der Waals surface area (Å²) in [5, 5.41) is 6.21. The van der Waals surface area contributed by atoms with Gasteiger partial charge in [-0.05, 0) is 6.07 Å². The molecule has 0 aliphatic rings. The van der Waals surface area contributed by atoms with Crippen molar-refractivity contribution >= 4 is 11.6 Å². The van der Waals surface area contributed by atoms with Crippen LogP contribution in [0.2, 0.25) is 0 Å². The van der Waals surface area contributed by atoms with E-state index in [4.69, 9.17) is 0 Å². The molecule has 0 aliphatic heterocycles. The van der Waals surface area contributed by atoms with Crippen LogP contribution < -0.4 is 10.9 Å². The van der Waals surface area contributed by atoms with Gasteiger partial charge in [-0.2, -0.15) is 5.10 Å². The van der Waals surface area contributed by atoms with E-state index in [1.807, 2.05) is 0 Å². The predicted molar refractivity (Wildman–Crippen MR) is 48.4 cm³/mol. The SMILES string of the molecule is CCC(=O)Nc1ccnn(C)c1=O. The van der Waals surface area contributed by atoms with E-state index in [9.17, 15) is 9.59 Å². The molecule has 0 atom stereocenters. The first kappa shape index (κ1) is 9.44. The Balaban J connectivity index is 2.96. The van der Waals surface area contributed by atoms with Gasteiger partial charge in [-0.1, -0.05) is 6.92 Å². The number of carbonyl (C=O) groups excluding carboxylic acids is 1. The van der Waals surface area contributed by atoms with E-state index in [-0.39, 0.29) is 17.2 Å². The highest BCUT2D eigenvalue weighted by Crippen LogP contribution is 1.96. The summed E-state index contributed by atoms with van der Waals surface area (Å²) in [5.41, 5.74) is -0.0337. The highest BCUT2D eigenvalue weighted by atomic mass is 16.2. The third-order valence-corrected chi connectivity index (χ3v) is 1.60. The fourth-order valence-electron chi connectivity index (χ4n) is 0.840. The van der Waals surface area contributed by atoms with Gasteiger partial charge in [0.15, 0.2) is 0 Å². The summed E-state index contributed by atoms with van der Waals surface area (Å²) in [6, 6.07) is 1.48. The van der Waals surface area contributed by atoms with E-state index in [0.29, 0.717) is 6.42 Å². The Labute approximate surface area is 75.4 Å². The molecule has 1 heterocycles. The van der Waals surface area contributed by atoms with Gasteiger partial charge in [-0.15, -0.1) is 0 Å². The summed E-state index contributed by atoms with van der Waals surface area (Å²) >= 11 is 0. The molecule has 0 unspecified atom stereocenters. The van der Waals surface area contributed by atoms with E-state index in [2.05, 4.69) is 10.4 Å². The number of aryl methyl sites for hydroxylation is 1. The van der Waals surface area contributed by atoms with Gasteiger partial charge in [0.25, 0.3) is 5.56 Å². The van der Waals surface area contributed by atoms with Crippen molar-refractivity contribution in [3.63, 3.8) is 0 Å². The summed E-state index contributed by atoms with van der Waals surface area (Å²) in [4.78, 5) is 22.3. The smallest absolute Gasteiger partial charge is 0.290 e. The lowest BCUT2D eigenvalue weighted by molar-refractivity contribution is -0.115. The lowest BCUT2D eigenvalue weighted by Crippen LogP contribution is -2.24. The molecule has 0 bridgehead atoms.